The number of nitrogens with zero attached hydrogens (tertiary/aromatic N) is 2. The number of aromatic nitrogens is 2. The second-order valence-electron chi connectivity index (χ2n) is 7.72. The van der Waals surface area contributed by atoms with Gasteiger partial charge in [0.25, 0.3) is 15.9 Å². The molecule has 0 saturated carbocycles. The molecule has 0 spiro atoms. The van der Waals surface area contributed by atoms with Crippen molar-refractivity contribution in [2.24, 2.45) is 0 Å². The number of sulfonamides is 1. The number of carbonyl (C=O) groups is 1. The van der Waals surface area contributed by atoms with E-state index in [2.05, 4.69) is 20.2 Å². The standard InChI is InChI=1S/C22H23ClN4O4S2/c1-3-22(4-2)13-17(15-10-6-8-12-18(15)31-22)27-33(29,30)21-26-25-20(32-21)24-19(28)14-9-5-7-11-16(14)23/h5-12,17,27H,3-4,13H2,1-2H3,(H,24,25,28)/t17-/m1/s1. The fraction of sp³-hybridized carbons (Fsp3) is 0.318. The van der Waals surface area contributed by atoms with Gasteiger partial charge in [-0.3, -0.25) is 10.1 Å². The molecule has 8 nitrogen and oxygen atoms in total. The summed E-state index contributed by atoms with van der Waals surface area (Å²) < 4.78 is 35.1. The summed E-state index contributed by atoms with van der Waals surface area (Å²) in [5.41, 5.74) is 0.568. The number of hydrogen-bond acceptors (Lipinski definition) is 7. The zero-order valence-electron chi connectivity index (χ0n) is 18.0. The van der Waals surface area contributed by atoms with Crippen molar-refractivity contribution < 1.29 is 17.9 Å². The number of fused-ring (bicyclic) bond motifs is 1. The lowest BCUT2D eigenvalue weighted by Gasteiger charge is -2.41. The molecule has 4 rings (SSSR count). The summed E-state index contributed by atoms with van der Waals surface area (Å²) in [6.07, 6.45) is 1.98. The maximum Gasteiger partial charge on any atom is 0.270 e. The average Bonchev–Trinajstić information content (AvgIpc) is 3.28. The van der Waals surface area contributed by atoms with Crippen LogP contribution in [0.5, 0.6) is 5.75 Å². The summed E-state index contributed by atoms with van der Waals surface area (Å²) in [5, 5.41) is 10.5. The number of ether oxygens (including phenoxy) is 1. The number of benzene rings is 2. The monoisotopic (exact) mass is 506 g/mol. The van der Waals surface area contributed by atoms with Gasteiger partial charge in [0.2, 0.25) is 9.47 Å². The maximum absolute atomic E-state index is 13.1. The Bertz CT molecular complexity index is 1270. The first kappa shape index (κ1) is 23.6. The van der Waals surface area contributed by atoms with Crippen LogP contribution < -0.4 is 14.8 Å². The average molecular weight is 507 g/mol. The van der Waals surface area contributed by atoms with Crippen LogP contribution in [0.4, 0.5) is 5.13 Å². The third kappa shape index (κ3) is 4.89. The highest BCUT2D eigenvalue weighted by Crippen LogP contribution is 2.43. The van der Waals surface area contributed by atoms with Crippen LogP contribution >= 0.6 is 22.9 Å². The Balaban J connectivity index is 1.55. The van der Waals surface area contributed by atoms with E-state index in [0.717, 1.165) is 29.7 Å². The van der Waals surface area contributed by atoms with Gasteiger partial charge >= 0.3 is 0 Å². The normalized spacial score (nSPS) is 17.1. The largest absolute Gasteiger partial charge is 0.487 e. The molecule has 174 valence electrons. The number of rotatable bonds is 7. The summed E-state index contributed by atoms with van der Waals surface area (Å²) in [6, 6.07) is 13.5. The van der Waals surface area contributed by atoms with Crippen LogP contribution in [0.3, 0.4) is 0 Å². The first-order valence-corrected chi connectivity index (χ1v) is 13.1. The molecule has 2 aromatic carbocycles. The van der Waals surface area contributed by atoms with Crippen LogP contribution in [0.2, 0.25) is 5.02 Å². The molecule has 0 unspecified atom stereocenters. The topological polar surface area (TPSA) is 110 Å². The molecule has 11 heteroatoms. The second kappa shape index (κ2) is 9.38. The Morgan fingerprint density at radius 2 is 1.85 bits per heavy atom. The molecule has 1 aromatic heterocycles. The Kier molecular flexibility index (Phi) is 6.71. The van der Waals surface area contributed by atoms with E-state index >= 15 is 0 Å². The van der Waals surface area contributed by atoms with Crippen LogP contribution in [-0.4, -0.2) is 30.1 Å². The van der Waals surface area contributed by atoms with E-state index in [4.69, 9.17) is 16.3 Å². The molecule has 1 atom stereocenters. The van der Waals surface area contributed by atoms with Gasteiger partial charge in [-0.1, -0.05) is 67.1 Å². The van der Waals surface area contributed by atoms with Crippen molar-refractivity contribution in [3.63, 3.8) is 0 Å². The van der Waals surface area contributed by atoms with Gasteiger partial charge in [0, 0.05) is 12.0 Å². The van der Waals surface area contributed by atoms with Gasteiger partial charge in [-0.25, -0.2) is 13.1 Å². The highest BCUT2D eigenvalue weighted by molar-refractivity contribution is 7.91. The molecule has 0 aliphatic carbocycles. The number of amides is 1. The molecule has 0 radical (unpaired) electrons. The van der Waals surface area contributed by atoms with Crippen molar-refractivity contribution in [3.8, 4) is 5.75 Å². The number of hydrogen-bond donors (Lipinski definition) is 2. The fourth-order valence-electron chi connectivity index (χ4n) is 3.82. The predicted octanol–water partition coefficient (Wildman–Crippen LogP) is 4.80. The van der Waals surface area contributed by atoms with Gasteiger partial charge in [0.05, 0.1) is 16.6 Å². The summed E-state index contributed by atoms with van der Waals surface area (Å²) in [5.74, 6) is 0.174. The van der Waals surface area contributed by atoms with E-state index in [1.807, 2.05) is 38.1 Å². The van der Waals surface area contributed by atoms with Crippen LogP contribution in [0, 0.1) is 0 Å². The van der Waals surface area contributed by atoms with Crippen LogP contribution in [0.15, 0.2) is 52.9 Å². The molecule has 3 aromatic rings. The summed E-state index contributed by atoms with van der Waals surface area (Å²) in [7, 11) is -4.00. The fourth-order valence-corrected chi connectivity index (χ4v) is 6.17. The molecule has 1 aliphatic heterocycles. The lowest BCUT2D eigenvalue weighted by Crippen LogP contribution is -2.44. The van der Waals surface area contributed by atoms with Gasteiger partial charge in [-0.2, -0.15) is 0 Å². The highest BCUT2D eigenvalue weighted by atomic mass is 35.5. The van der Waals surface area contributed by atoms with E-state index in [0.29, 0.717) is 12.2 Å². The SMILES string of the molecule is CCC1(CC)C[C@@H](NS(=O)(=O)c2nnc(NC(=O)c3ccccc3Cl)s2)c2ccccc2O1. The minimum Gasteiger partial charge on any atom is -0.487 e. The Labute approximate surface area is 201 Å². The van der Waals surface area contributed by atoms with Crippen molar-refractivity contribution in [1.82, 2.24) is 14.9 Å². The summed E-state index contributed by atoms with van der Waals surface area (Å²) in [6.45, 7) is 4.06. The number of para-hydroxylation sites is 1. The zero-order chi connectivity index (χ0) is 23.6. The molecular formula is C22H23ClN4O4S2. The quantitative estimate of drug-likeness (QED) is 0.445. The van der Waals surface area contributed by atoms with Crippen LogP contribution in [0.25, 0.3) is 0 Å². The number of anilines is 1. The van der Waals surface area contributed by atoms with E-state index in [1.54, 1.807) is 24.3 Å². The molecule has 2 N–H and O–H groups in total. The molecule has 0 saturated heterocycles. The molecule has 2 heterocycles. The van der Waals surface area contributed by atoms with Gasteiger partial charge in [0.1, 0.15) is 11.4 Å². The molecule has 0 bridgehead atoms. The van der Waals surface area contributed by atoms with Crippen molar-refractivity contribution in [3.05, 3.63) is 64.7 Å². The van der Waals surface area contributed by atoms with Gasteiger partial charge < -0.3 is 4.74 Å². The maximum atomic E-state index is 13.1. The van der Waals surface area contributed by atoms with E-state index < -0.39 is 27.6 Å². The zero-order valence-corrected chi connectivity index (χ0v) is 20.4. The van der Waals surface area contributed by atoms with Crippen molar-refractivity contribution >= 4 is 44.0 Å². The number of halogens is 1. The number of nitrogens with one attached hydrogen (secondary N) is 2. The lowest BCUT2D eigenvalue weighted by molar-refractivity contribution is 0.0260. The highest BCUT2D eigenvalue weighted by Gasteiger charge is 2.40. The summed E-state index contributed by atoms with van der Waals surface area (Å²) in [4.78, 5) is 12.5. The molecule has 33 heavy (non-hydrogen) atoms. The number of carbonyl (C=O) groups excluding carboxylic acids is 1. The van der Waals surface area contributed by atoms with Crippen LogP contribution in [0.1, 0.15) is 55.1 Å². The van der Waals surface area contributed by atoms with Crippen molar-refractivity contribution in [2.75, 3.05) is 5.32 Å². The van der Waals surface area contributed by atoms with E-state index in [9.17, 15) is 13.2 Å². The van der Waals surface area contributed by atoms with E-state index in [1.165, 1.54) is 0 Å². The van der Waals surface area contributed by atoms with Gasteiger partial charge in [-0.15, -0.1) is 10.2 Å². The third-order valence-corrected chi connectivity index (χ3v) is 8.77. The second-order valence-corrected chi connectivity index (χ2v) is 11.0. The predicted molar refractivity (Wildman–Crippen MR) is 127 cm³/mol. The first-order valence-electron chi connectivity index (χ1n) is 10.5. The molecule has 1 aliphatic rings. The Hall–Kier alpha value is -2.53. The molecule has 0 fully saturated rings. The van der Waals surface area contributed by atoms with Crippen LogP contribution in [-0.2, 0) is 10.0 Å². The van der Waals surface area contributed by atoms with Gasteiger partial charge in [-0.05, 0) is 31.0 Å². The van der Waals surface area contributed by atoms with Crippen molar-refractivity contribution in [1.29, 1.82) is 0 Å². The molecular weight excluding hydrogens is 484 g/mol. The lowest BCUT2D eigenvalue weighted by atomic mass is 9.84. The third-order valence-electron chi connectivity index (χ3n) is 5.76. The Morgan fingerprint density at radius 1 is 1.15 bits per heavy atom. The van der Waals surface area contributed by atoms with Gasteiger partial charge in [0.15, 0.2) is 0 Å². The molecule has 1 amide bonds. The van der Waals surface area contributed by atoms with Crippen molar-refractivity contribution in [2.45, 2.75) is 49.1 Å². The first-order chi connectivity index (χ1) is 15.8. The van der Waals surface area contributed by atoms with E-state index in [-0.39, 0.29) is 20.1 Å². The Morgan fingerprint density at radius 3 is 2.58 bits per heavy atom. The minimum absolute atomic E-state index is 0.0594. The summed E-state index contributed by atoms with van der Waals surface area (Å²) >= 11 is 6.82. The smallest absolute Gasteiger partial charge is 0.270 e. The minimum atomic E-state index is -4.00.